The summed E-state index contributed by atoms with van der Waals surface area (Å²) < 4.78 is 11.4. The highest BCUT2D eigenvalue weighted by Crippen LogP contribution is 2.51. The second-order valence-electron chi connectivity index (χ2n) is 6.29. The number of anilines is 1. The predicted molar refractivity (Wildman–Crippen MR) is 95.8 cm³/mol. The summed E-state index contributed by atoms with van der Waals surface area (Å²) in [5.41, 5.74) is 1.20. The van der Waals surface area contributed by atoms with E-state index in [0.717, 1.165) is 12.8 Å². The van der Waals surface area contributed by atoms with Crippen LogP contribution in [0.2, 0.25) is 10.0 Å². The number of unbranched alkanes of at least 4 members (excludes halogenated alkanes) is 5. The number of benzene rings is 1. The number of ether oxygens (including phenoxy) is 2. The van der Waals surface area contributed by atoms with Crippen molar-refractivity contribution >= 4 is 34.8 Å². The number of carbonyl (C=O) groups excluding carboxylic acids is 1. The van der Waals surface area contributed by atoms with Crippen molar-refractivity contribution in [3.8, 4) is 0 Å². The first kappa shape index (κ1) is 18.0. The van der Waals surface area contributed by atoms with Gasteiger partial charge in [0.05, 0.1) is 34.5 Å². The third kappa shape index (κ3) is 3.05. The first-order valence-electron chi connectivity index (χ1n) is 8.70. The summed E-state index contributed by atoms with van der Waals surface area (Å²) in [7, 11) is 0. The average Bonchev–Trinajstić information content (AvgIpc) is 3.15. The van der Waals surface area contributed by atoms with Crippen molar-refractivity contribution in [3.63, 3.8) is 0 Å². The second kappa shape index (κ2) is 7.61. The highest BCUT2D eigenvalue weighted by Gasteiger charge is 2.57. The summed E-state index contributed by atoms with van der Waals surface area (Å²) in [4.78, 5) is 14.7. The van der Waals surface area contributed by atoms with E-state index in [1.807, 2.05) is 0 Å². The minimum atomic E-state index is -1.40. The van der Waals surface area contributed by atoms with E-state index < -0.39 is 5.79 Å². The first-order chi connectivity index (χ1) is 11.6. The zero-order valence-electron chi connectivity index (χ0n) is 13.9. The smallest absolute Gasteiger partial charge is 0.292 e. The lowest BCUT2D eigenvalue weighted by Crippen LogP contribution is -2.41. The third-order valence-electron chi connectivity index (χ3n) is 4.63. The molecule has 0 atom stereocenters. The molecule has 1 fully saturated rings. The Morgan fingerprint density at radius 2 is 1.67 bits per heavy atom. The van der Waals surface area contributed by atoms with E-state index in [-0.39, 0.29) is 5.91 Å². The number of fused-ring (bicyclic) bond motifs is 2. The molecule has 132 valence electrons. The van der Waals surface area contributed by atoms with Crippen LogP contribution < -0.4 is 4.90 Å². The van der Waals surface area contributed by atoms with Crippen LogP contribution in [0.15, 0.2) is 12.1 Å². The van der Waals surface area contributed by atoms with Gasteiger partial charge < -0.3 is 14.4 Å². The summed E-state index contributed by atoms with van der Waals surface area (Å²) in [6.45, 7) is 3.55. The van der Waals surface area contributed by atoms with Gasteiger partial charge >= 0.3 is 0 Å². The Kier molecular flexibility index (Phi) is 5.70. The number of hydrogen-bond donors (Lipinski definition) is 0. The molecular formula is C18H23Cl2NO3. The molecule has 24 heavy (non-hydrogen) atoms. The lowest BCUT2D eigenvalue weighted by Gasteiger charge is -2.22. The Labute approximate surface area is 153 Å². The Morgan fingerprint density at radius 3 is 2.38 bits per heavy atom. The van der Waals surface area contributed by atoms with Gasteiger partial charge in [-0.05, 0) is 18.6 Å². The molecule has 4 nitrogen and oxygen atoms in total. The summed E-state index contributed by atoms with van der Waals surface area (Å²) in [6, 6.07) is 3.41. The molecule has 3 rings (SSSR count). The van der Waals surface area contributed by atoms with Crippen molar-refractivity contribution < 1.29 is 14.3 Å². The van der Waals surface area contributed by atoms with Crippen molar-refractivity contribution in [3.05, 3.63) is 27.7 Å². The zero-order valence-corrected chi connectivity index (χ0v) is 15.5. The maximum atomic E-state index is 13.0. The second-order valence-corrected chi connectivity index (χ2v) is 7.11. The van der Waals surface area contributed by atoms with Gasteiger partial charge in [-0.15, -0.1) is 0 Å². The zero-order chi connectivity index (χ0) is 17.2. The van der Waals surface area contributed by atoms with E-state index in [1.54, 1.807) is 17.0 Å². The van der Waals surface area contributed by atoms with E-state index >= 15 is 0 Å². The maximum absolute atomic E-state index is 13.0. The van der Waals surface area contributed by atoms with E-state index in [0.29, 0.717) is 41.1 Å². The van der Waals surface area contributed by atoms with Crippen LogP contribution in [-0.2, 0) is 20.1 Å². The fourth-order valence-electron chi connectivity index (χ4n) is 3.45. The standard InChI is InChI=1S/C18H23Cl2NO3/c1-2-3-4-5-6-7-10-21-16-14(20)9-8-13(19)15(16)18(17(21)22)23-11-12-24-18/h8-9H,2-7,10-12H2,1H3. The van der Waals surface area contributed by atoms with E-state index in [9.17, 15) is 4.79 Å². The summed E-state index contributed by atoms with van der Waals surface area (Å²) in [6.07, 6.45) is 6.93. The van der Waals surface area contributed by atoms with Gasteiger partial charge in [0.1, 0.15) is 0 Å². The Hall–Kier alpha value is -0.810. The van der Waals surface area contributed by atoms with Crippen molar-refractivity contribution in [2.75, 3.05) is 24.7 Å². The molecule has 0 N–H and O–H groups in total. The fraction of sp³-hybridized carbons (Fsp3) is 0.611. The van der Waals surface area contributed by atoms with Gasteiger partial charge in [-0.2, -0.15) is 0 Å². The van der Waals surface area contributed by atoms with Crippen molar-refractivity contribution in [1.82, 2.24) is 0 Å². The number of nitrogens with zero attached hydrogens (tertiary/aromatic N) is 1. The Bertz CT molecular complexity index is 615. The van der Waals surface area contributed by atoms with Crippen molar-refractivity contribution in [1.29, 1.82) is 0 Å². The van der Waals surface area contributed by atoms with Crippen LogP contribution in [-0.4, -0.2) is 25.7 Å². The minimum Gasteiger partial charge on any atom is -0.336 e. The number of halogens is 2. The lowest BCUT2D eigenvalue weighted by molar-refractivity contribution is -0.180. The molecule has 1 amide bonds. The number of amides is 1. The molecule has 0 unspecified atom stereocenters. The molecule has 1 aromatic carbocycles. The molecule has 2 heterocycles. The molecule has 1 spiro atoms. The molecule has 6 heteroatoms. The average molecular weight is 372 g/mol. The molecule has 0 aromatic heterocycles. The molecule has 2 aliphatic heterocycles. The quantitative estimate of drug-likeness (QED) is 0.639. The molecule has 0 aliphatic carbocycles. The van der Waals surface area contributed by atoms with Gasteiger partial charge in [-0.25, -0.2) is 0 Å². The SMILES string of the molecule is CCCCCCCCN1C(=O)C2(OCCO2)c2c(Cl)ccc(Cl)c21. The molecule has 1 aromatic rings. The summed E-state index contributed by atoms with van der Waals surface area (Å²) in [5, 5.41) is 0.958. The van der Waals surface area contributed by atoms with Gasteiger partial charge in [-0.3, -0.25) is 4.79 Å². The van der Waals surface area contributed by atoms with E-state index in [4.69, 9.17) is 32.7 Å². The van der Waals surface area contributed by atoms with Crippen molar-refractivity contribution in [2.45, 2.75) is 51.2 Å². The molecule has 1 saturated heterocycles. The third-order valence-corrected chi connectivity index (χ3v) is 5.25. The fourth-order valence-corrected chi connectivity index (χ4v) is 3.98. The molecule has 0 radical (unpaired) electrons. The largest absolute Gasteiger partial charge is 0.336 e. The Morgan fingerprint density at radius 1 is 1.04 bits per heavy atom. The monoisotopic (exact) mass is 371 g/mol. The number of carbonyl (C=O) groups is 1. The van der Waals surface area contributed by atoms with Gasteiger partial charge in [0.2, 0.25) is 0 Å². The minimum absolute atomic E-state index is 0.210. The van der Waals surface area contributed by atoms with Gasteiger partial charge in [0.25, 0.3) is 11.7 Å². The first-order valence-corrected chi connectivity index (χ1v) is 9.45. The lowest BCUT2D eigenvalue weighted by atomic mass is 10.1. The van der Waals surface area contributed by atoms with Crippen LogP contribution in [0.3, 0.4) is 0 Å². The van der Waals surface area contributed by atoms with E-state index in [2.05, 4.69) is 6.92 Å². The van der Waals surface area contributed by atoms with Crippen LogP contribution >= 0.6 is 23.2 Å². The van der Waals surface area contributed by atoms with Gasteiger partial charge in [0.15, 0.2) is 0 Å². The van der Waals surface area contributed by atoms with Crippen molar-refractivity contribution in [2.24, 2.45) is 0 Å². The van der Waals surface area contributed by atoms with Crippen LogP contribution in [0.5, 0.6) is 0 Å². The van der Waals surface area contributed by atoms with Gasteiger partial charge in [0, 0.05) is 6.54 Å². The highest BCUT2D eigenvalue weighted by molar-refractivity contribution is 6.38. The predicted octanol–water partition coefficient (Wildman–Crippen LogP) is 4.90. The van der Waals surface area contributed by atoms with Crippen LogP contribution in [0.25, 0.3) is 0 Å². The normalized spacial score (nSPS) is 18.6. The molecule has 2 aliphatic rings. The highest BCUT2D eigenvalue weighted by atomic mass is 35.5. The molecule has 0 saturated carbocycles. The number of hydrogen-bond acceptors (Lipinski definition) is 3. The van der Waals surface area contributed by atoms with E-state index in [1.165, 1.54) is 25.7 Å². The maximum Gasteiger partial charge on any atom is 0.292 e. The summed E-state index contributed by atoms with van der Waals surface area (Å²) >= 11 is 12.7. The number of rotatable bonds is 7. The molecular weight excluding hydrogens is 349 g/mol. The molecule has 0 bridgehead atoms. The van der Waals surface area contributed by atoms with Crippen LogP contribution in [0.4, 0.5) is 5.69 Å². The van der Waals surface area contributed by atoms with Gasteiger partial charge in [-0.1, -0.05) is 62.2 Å². The topological polar surface area (TPSA) is 38.8 Å². The van der Waals surface area contributed by atoms with Crippen LogP contribution in [0.1, 0.15) is 51.0 Å². The van der Waals surface area contributed by atoms with Crippen LogP contribution in [0, 0.1) is 0 Å². The summed E-state index contributed by atoms with van der Waals surface area (Å²) in [5.74, 6) is -1.61. The Balaban J connectivity index is 1.79.